The summed E-state index contributed by atoms with van der Waals surface area (Å²) in [5, 5.41) is 10.4. The molecule has 146 valence electrons. The van der Waals surface area contributed by atoms with E-state index in [2.05, 4.69) is 44.8 Å². The average molecular weight is 379 g/mol. The van der Waals surface area contributed by atoms with Gasteiger partial charge in [0, 0.05) is 32.1 Å². The van der Waals surface area contributed by atoms with E-state index < -0.39 is 0 Å². The van der Waals surface area contributed by atoms with Gasteiger partial charge in [0.05, 0.1) is 0 Å². The number of guanidine groups is 1. The van der Waals surface area contributed by atoms with Gasteiger partial charge in [0.25, 0.3) is 0 Å². The van der Waals surface area contributed by atoms with Crippen LogP contribution in [-0.2, 0) is 13.0 Å². The van der Waals surface area contributed by atoms with E-state index in [1.165, 1.54) is 0 Å². The first-order valence-corrected chi connectivity index (χ1v) is 9.20. The van der Waals surface area contributed by atoms with Gasteiger partial charge in [-0.1, -0.05) is 35.5 Å². The smallest absolute Gasteiger partial charge is 0.228 e. The lowest BCUT2D eigenvalue weighted by atomic mass is 10.1. The Balaban J connectivity index is 1.57. The summed E-state index contributed by atoms with van der Waals surface area (Å²) < 4.78 is 11.2. The minimum Gasteiger partial charge on any atom is -0.457 e. The molecule has 0 saturated heterocycles. The van der Waals surface area contributed by atoms with Crippen LogP contribution in [0.5, 0.6) is 11.5 Å². The molecule has 7 heteroatoms. The van der Waals surface area contributed by atoms with Crippen LogP contribution in [0.25, 0.3) is 0 Å². The van der Waals surface area contributed by atoms with E-state index >= 15 is 0 Å². The Hall–Kier alpha value is -3.35. The molecule has 3 aromatic rings. The first-order valence-electron chi connectivity index (χ1n) is 9.20. The molecule has 0 bridgehead atoms. The van der Waals surface area contributed by atoms with Crippen LogP contribution in [0.3, 0.4) is 0 Å². The summed E-state index contributed by atoms with van der Waals surface area (Å²) in [6.45, 7) is 5.08. The van der Waals surface area contributed by atoms with Crippen molar-refractivity contribution in [3.63, 3.8) is 0 Å². The normalized spacial score (nSPS) is 11.3. The standard InChI is InChI=1S/C21H25N5O2/c1-15-9-10-17(19(13-15)27-18-7-5-4-6-8-18)14-24-21(22-3)23-12-11-20-25-16(2)26-28-20/h4-10,13H,11-12,14H2,1-3H3,(H2,22,23,24). The number of benzene rings is 2. The maximum absolute atomic E-state index is 6.07. The molecule has 0 spiro atoms. The first kappa shape index (κ1) is 19.4. The number of hydrogen-bond donors (Lipinski definition) is 2. The van der Waals surface area contributed by atoms with Gasteiger partial charge in [-0.05, 0) is 37.6 Å². The molecule has 1 aromatic heterocycles. The van der Waals surface area contributed by atoms with E-state index in [1.54, 1.807) is 14.0 Å². The molecule has 2 N–H and O–H groups in total. The molecule has 0 saturated carbocycles. The summed E-state index contributed by atoms with van der Waals surface area (Å²) >= 11 is 0. The van der Waals surface area contributed by atoms with Crippen molar-refractivity contribution in [3.8, 4) is 11.5 Å². The Morgan fingerprint density at radius 3 is 2.64 bits per heavy atom. The molecule has 2 aromatic carbocycles. The Bertz CT molecular complexity index is 922. The summed E-state index contributed by atoms with van der Waals surface area (Å²) in [7, 11) is 1.74. The topological polar surface area (TPSA) is 84.6 Å². The maximum atomic E-state index is 6.07. The Kier molecular flexibility index (Phi) is 6.62. The van der Waals surface area contributed by atoms with Crippen molar-refractivity contribution < 1.29 is 9.26 Å². The van der Waals surface area contributed by atoms with Gasteiger partial charge in [0.1, 0.15) is 11.5 Å². The second-order valence-electron chi connectivity index (χ2n) is 6.36. The Morgan fingerprint density at radius 1 is 1.11 bits per heavy atom. The summed E-state index contributed by atoms with van der Waals surface area (Å²) in [6.07, 6.45) is 0.633. The van der Waals surface area contributed by atoms with Gasteiger partial charge in [-0.3, -0.25) is 4.99 Å². The molecule has 7 nitrogen and oxygen atoms in total. The predicted octanol–water partition coefficient (Wildman–Crippen LogP) is 3.39. The maximum Gasteiger partial charge on any atom is 0.228 e. The second kappa shape index (κ2) is 9.55. The number of aromatic nitrogens is 2. The summed E-state index contributed by atoms with van der Waals surface area (Å²) in [4.78, 5) is 8.45. The molecule has 0 aliphatic rings. The van der Waals surface area contributed by atoms with Gasteiger partial charge in [-0.15, -0.1) is 0 Å². The van der Waals surface area contributed by atoms with E-state index in [9.17, 15) is 0 Å². The zero-order chi connectivity index (χ0) is 19.8. The highest BCUT2D eigenvalue weighted by Gasteiger charge is 2.08. The van der Waals surface area contributed by atoms with Crippen LogP contribution < -0.4 is 15.4 Å². The first-order chi connectivity index (χ1) is 13.6. The van der Waals surface area contributed by atoms with Crippen LogP contribution in [0.1, 0.15) is 22.8 Å². The molecule has 0 unspecified atom stereocenters. The van der Waals surface area contributed by atoms with Crippen LogP contribution in [-0.4, -0.2) is 29.7 Å². The minimum absolute atomic E-state index is 0.585. The molecule has 0 atom stereocenters. The van der Waals surface area contributed by atoms with Gasteiger partial charge < -0.3 is 19.9 Å². The van der Waals surface area contributed by atoms with Crippen molar-refractivity contribution in [2.24, 2.45) is 4.99 Å². The molecular weight excluding hydrogens is 354 g/mol. The quantitative estimate of drug-likeness (QED) is 0.484. The molecule has 0 radical (unpaired) electrons. The fourth-order valence-corrected chi connectivity index (χ4v) is 2.65. The van der Waals surface area contributed by atoms with Crippen LogP contribution in [0.4, 0.5) is 0 Å². The Labute approximate surface area is 164 Å². The van der Waals surface area contributed by atoms with Crippen molar-refractivity contribution in [1.29, 1.82) is 0 Å². The number of aryl methyl sites for hydroxylation is 2. The number of nitrogens with one attached hydrogen (secondary N) is 2. The van der Waals surface area contributed by atoms with Crippen molar-refractivity contribution in [3.05, 3.63) is 71.4 Å². The van der Waals surface area contributed by atoms with Gasteiger partial charge in [-0.25, -0.2) is 0 Å². The largest absolute Gasteiger partial charge is 0.457 e. The van der Waals surface area contributed by atoms with Crippen molar-refractivity contribution in [1.82, 2.24) is 20.8 Å². The third kappa shape index (κ3) is 5.57. The van der Waals surface area contributed by atoms with Crippen molar-refractivity contribution in [2.75, 3.05) is 13.6 Å². The highest BCUT2D eigenvalue weighted by Crippen LogP contribution is 2.26. The highest BCUT2D eigenvalue weighted by molar-refractivity contribution is 5.79. The van der Waals surface area contributed by atoms with Gasteiger partial charge >= 0.3 is 0 Å². The van der Waals surface area contributed by atoms with E-state index in [4.69, 9.17) is 9.26 Å². The molecule has 0 amide bonds. The molecule has 0 aliphatic heterocycles. The van der Waals surface area contributed by atoms with Gasteiger partial charge in [0.2, 0.25) is 5.89 Å². The molecule has 3 rings (SSSR count). The minimum atomic E-state index is 0.585. The lowest BCUT2D eigenvalue weighted by molar-refractivity contribution is 0.374. The molecule has 28 heavy (non-hydrogen) atoms. The van der Waals surface area contributed by atoms with Crippen molar-refractivity contribution in [2.45, 2.75) is 26.8 Å². The zero-order valence-electron chi connectivity index (χ0n) is 16.4. The van der Waals surface area contributed by atoms with E-state index in [1.807, 2.05) is 36.4 Å². The fraction of sp³-hybridized carbons (Fsp3) is 0.286. The number of aliphatic imine (C=N–C) groups is 1. The van der Waals surface area contributed by atoms with Gasteiger partial charge in [0.15, 0.2) is 11.8 Å². The monoisotopic (exact) mass is 379 g/mol. The summed E-state index contributed by atoms with van der Waals surface area (Å²) in [5.41, 5.74) is 2.19. The van der Waals surface area contributed by atoms with E-state index in [0.717, 1.165) is 22.6 Å². The van der Waals surface area contributed by atoms with E-state index in [-0.39, 0.29) is 0 Å². The molecule has 1 heterocycles. The fourth-order valence-electron chi connectivity index (χ4n) is 2.65. The third-order valence-electron chi connectivity index (χ3n) is 4.06. The highest BCUT2D eigenvalue weighted by atomic mass is 16.5. The van der Waals surface area contributed by atoms with Crippen LogP contribution in [0, 0.1) is 13.8 Å². The number of ether oxygens (including phenoxy) is 1. The average Bonchev–Trinajstić information content (AvgIpc) is 3.11. The zero-order valence-corrected chi connectivity index (χ0v) is 16.4. The SMILES string of the molecule is CN=C(NCCc1nc(C)no1)NCc1ccc(C)cc1Oc1ccccc1. The summed E-state index contributed by atoms with van der Waals surface area (Å²) in [6, 6.07) is 15.9. The van der Waals surface area contributed by atoms with Crippen LogP contribution in [0.15, 0.2) is 58.0 Å². The molecule has 0 aliphatic carbocycles. The molecule has 0 fully saturated rings. The van der Waals surface area contributed by atoms with Crippen LogP contribution >= 0.6 is 0 Å². The number of rotatable bonds is 7. The number of nitrogens with zero attached hydrogens (tertiary/aromatic N) is 3. The second-order valence-corrected chi connectivity index (χ2v) is 6.36. The van der Waals surface area contributed by atoms with E-state index in [0.29, 0.717) is 37.2 Å². The lowest BCUT2D eigenvalue weighted by Crippen LogP contribution is -2.37. The number of para-hydroxylation sites is 1. The predicted molar refractivity (Wildman–Crippen MR) is 109 cm³/mol. The third-order valence-corrected chi connectivity index (χ3v) is 4.06. The lowest BCUT2D eigenvalue weighted by Gasteiger charge is -2.15. The van der Waals surface area contributed by atoms with Gasteiger partial charge in [-0.2, -0.15) is 4.98 Å². The Morgan fingerprint density at radius 2 is 1.93 bits per heavy atom. The summed E-state index contributed by atoms with van der Waals surface area (Å²) in [5.74, 6) is 3.59. The molecular formula is C21H25N5O2. The van der Waals surface area contributed by atoms with Crippen molar-refractivity contribution >= 4 is 5.96 Å². The van der Waals surface area contributed by atoms with Crippen LogP contribution in [0.2, 0.25) is 0 Å². The number of hydrogen-bond acceptors (Lipinski definition) is 5.